The number of unbranched alkanes of at least 4 members (excludes halogenated alkanes) is 30. The minimum absolute atomic E-state index is 0. The molecule has 1 aliphatic heterocycles. The van der Waals surface area contributed by atoms with Gasteiger partial charge >= 0.3 is 17.9 Å². The number of carbonyl (C=O) groups is 4. The van der Waals surface area contributed by atoms with Crippen LogP contribution in [-0.2, 0) is 19.2 Å². The monoisotopic (exact) mass is 1020 g/mol. The summed E-state index contributed by atoms with van der Waals surface area (Å²) in [6, 6.07) is 0. The number of carboxylic acids is 3. The van der Waals surface area contributed by atoms with Gasteiger partial charge in [-0.3, -0.25) is 38.8 Å². The molecule has 0 bridgehead atoms. The lowest BCUT2D eigenvalue weighted by Gasteiger charge is -2.33. The molecular formula is C52H104Cl3N5O7. The Morgan fingerprint density at radius 3 is 0.687 bits per heavy atom. The summed E-state index contributed by atoms with van der Waals surface area (Å²) in [7, 11) is 0. The predicted molar refractivity (Wildman–Crippen MR) is 286 cm³/mol. The van der Waals surface area contributed by atoms with E-state index < -0.39 is 17.9 Å². The summed E-state index contributed by atoms with van der Waals surface area (Å²) in [5.41, 5.74) is 0. The lowest BCUT2D eigenvalue weighted by molar-refractivity contribution is -0.140. The van der Waals surface area contributed by atoms with E-state index in [2.05, 4.69) is 23.6 Å². The van der Waals surface area contributed by atoms with E-state index in [9.17, 15) is 34.5 Å². The highest BCUT2D eigenvalue weighted by Crippen LogP contribution is 2.16. The summed E-state index contributed by atoms with van der Waals surface area (Å²) in [5, 5.41) is 28.8. The lowest BCUT2D eigenvalue weighted by Crippen LogP contribution is -2.50. The zero-order valence-corrected chi connectivity index (χ0v) is 45.4. The van der Waals surface area contributed by atoms with Gasteiger partial charge in [0.1, 0.15) is 0 Å². The Hall–Kier alpha value is -1.41. The Morgan fingerprint density at radius 1 is 0.313 bits per heavy atom. The summed E-state index contributed by atoms with van der Waals surface area (Å²) >= 11 is 0. The van der Waals surface area contributed by atoms with Crippen LogP contribution in [0.2, 0.25) is 0 Å². The number of hydrogen-bond donors (Lipinski definition) is 3. The van der Waals surface area contributed by atoms with Gasteiger partial charge in [0.25, 0.3) is 0 Å². The summed E-state index contributed by atoms with van der Waals surface area (Å²) in [5.74, 6) is -2.78. The van der Waals surface area contributed by atoms with Crippen molar-refractivity contribution in [2.45, 2.75) is 219 Å². The van der Waals surface area contributed by atoms with E-state index in [1.807, 2.05) is 9.80 Å². The minimum Gasteiger partial charge on any atom is -0.480 e. The van der Waals surface area contributed by atoms with Crippen molar-refractivity contribution < 1.29 is 34.5 Å². The Balaban J connectivity index is -0.0000137. The molecule has 0 aromatic rings. The van der Waals surface area contributed by atoms with Crippen molar-refractivity contribution in [1.29, 1.82) is 0 Å². The third-order valence-electron chi connectivity index (χ3n) is 13.3. The van der Waals surface area contributed by atoms with Crippen LogP contribution in [0.1, 0.15) is 219 Å². The first-order chi connectivity index (χ1) is 31.1. The molecule has 0 radical (unpaired) electrons. The zero-order chi connectivity index (χ0) is 46.7. The van der Waals surface area contributed by atoms with Gasteiger partial charge in [0.2, 0.25) is 5.91 Å². The van der Waals surface area contributed by atoms with Gasteiger partial charge in [0.15, 0.2) is 0 Å². The number of rotatable bonds is 42. The molecule has 0 aromatic heterocycles. The Morgan fingerprint density at radius 2 is 0.493 bits per heavy atom. The number of hydrogen-bond acceptors (Lipinski definition) is 8. The van der Waals surface area contributed by atoms with Gasteiger partial charge in [-0.2, -0.15) is 0 Å². The van der Waals surface area contributed by atoms with E-state index in [4.69, 9.17) is 0 Å². The summed E-state index contributed by atoms with van der Waals surface area (Å²) in [4.78, 5) is 58.8. The maximum absolute atomic E-state index is 14.1. The van der Waals surface area contributed by atoms with Crippen LogP contribution in [0.15, 0.2) is 0 Å². The van der Waals surface area contributed by atoms with Crippen LogP contribution in [0.4, 0.5) is 0 Å². The molecule has 1 heterocycles. The maximum Gasteiger partial charge on any atom is 0.317 e. The highest BCUT2D eigenvalue weighted by Gasteiger charge is 2.23. The highest BCUT2D eigenvalue weighted by atomic mass is 35.5. The quantitative estimate of drug-likeness (QED) is 0.0503. The third-order valence-corrected chi connectivity index (χ3v) is 13.3. The zero-order valence-electron chi connectivity index (χ0n) is 43.0. The van der Waals surface area contributed by atoms with Crippen LogP contribution in [0, 0.1) is 0 Å². The van der Waals surface area contributed by atoms with Crippen LogP contribution in [-0.4, -0.2) is 155 Å². The molecule has 1 fully saturated rings. The van der Waals surface area contributed by atoms with Crippen molar-refractivity contribution in [2.75, 3.05) is 91.6 Å². The number of carboxylic acid groups (broad SMARTS) is 3. The van der Waals surface area contributed by atoms with Gasteiger partial charge in [0, 0.05) is 65.4 Å². The molecule has 0 aliphatic carbocycles. The van der Waals surface area contributed by atoms with E-state index in [1.165, 1.54) is 180 Å². The largest absolute Gasteiger partial charge is 0.480 e. The minimum atomic E-state index is -0.977. The first kappa shape index (κ1) is 69.8. The molecule has 3 N–H and O–H groups in total. The molecule has 400 valence electrons. The topological polar surface area (TPSA) is 145 Å². The fourth-order valence-corrected chi connectivity index (χ4v) is 9.14. The molecule has 1 saturated heterocycles. The third kappa shape index (κ3) is 45.5. The summed E-state index contributed by atoms with van der Waals surface area (Å²) in [6.45, 7) is 8.92. The number of halogens is 3. The molecule has 0 saturated carbocycles. The van der Waals surface area contributed by atoms with Crippen molar-refractivity contribution >= 4 is 61.0 Å². The van der Waals surface area contributed by atoms with E-state index in [0.29, 0.717) is 52.4 Å². The number of amides is 1. The first-order valence-electron chi connectivity index (χ1n) is 27.0. The van der Waals surface area contributed by atoms with Gasteiger partial charge in [-0.25, -0.2) is 0 Å². The fraction of sp³-hybridized carbons (Fsp3) is 0.923. The second-order valence-electron chi connectivity index (χ2n) is 19.3. The van der Waals surface area contributed by atoms with E-state index in [0.717, 1.165) is 38.8 Å². The first-order valence-corrected chi connectivity index (χ1v) is 27.0. The van der Waals surface area contributed by atoms with E-state index in [1.54, 1.807) is 4.90 Å². The Labute approximate surface area is 429 Å². The average Bonchev–Trinajstić information content (AvgIpc) is 3.25. The molecule has 0 aromatic carbocycles. The van der Waals surface area contributed by atoms with Crippen LogP contribution < -0.4 is 0 Å². The standard InChI is InChI=1S/C52H101N5O7.3ClH/c1-3-5-7-9-11-13-15-17-19-21-23-25-27-29-31-33-35-57(36-34-32-30-28-26-24-22-20-18-16-14-12-10-8-6-4-2)49(58)45-53-37-39-54(46-50(59)60)41-43-56(48-52(63)64)44-42-55(40-38-53)47-51(61)62;;;/h3-48H2,1-2H3,(H,59,60)(H,61,62)(H,63,64);3*1H. The fourth-order valence-electron chi connectivity index (χ4n) is 9.14. The van der Waals surface area contributed by atoms with Crippen molar-refractivity contribution in [2.24, 2.45) is 0 Å². The van der Waals surface area contributed by atoms with Crippen molar-refractivity contribution in [3.05, 3.63) is 0 Å². The van der Waals surface area contributed by atoms with Crippen LogP contribution >= 0.6 is 37.2 Å². The molecule has 0 atom stereocenters. The molecule has 1 aliphatic rings. The SMILES string of the molecule is CCCCCCCCCCCCCCCCCCN(CCCCCCCCCCCCCCCCCC)C(=O)CN1CCN(CC(=O)O)CCN(CC(=O)O)CCN(CC(=O)O)CC1.Cl.Cl.Cl. The average molecular weight is 1020 g/mol. The number of aliphatic carboxylic acids is 3. The van der Waals surface area contributed by atoms with Crippen molar-refractivity contribution in [3.8, 4) is 0 Å². The number of carbonyl (C=O) groups excluding carboxylic acids is 1. The highest BCUT2D eigenvalue weighted by molar-refractivity contribution is 5.86. The second-order valence-corrected chi connectivity index (χ2v) is 19.3. The van der Waals surface area contributed by atoms with Crippen molar-refractivity contribution in [1.82, 2.24) is 24.5 Å². The van der Waals surface area contributed by atoms with Gasteiger partial charge in [-0.05, 0) is 12.8 Å². The van der Waals surface area contributed by atoms with E-state index in [-0.39, 0.29) is 69.3 Å². The molecule has 1 rings (SSSR count). The molecular weight excluding hydrogens is 913 g/mol. The Bertz CT molecular complexity index is 1080. The van der Waals surface area contributed by atoms with Crippen LogP contribution in [0.3, 0.4) is 0 Å². The molecule has 0 spiro atoms. The van der Waals surface area contributed by atoms with Crippen LogP contribution in [0.25, 0.3) is 0 Å². The Kier molecular flexibility index (Phi) is 53.1. The lowest BCUT2D eigenvalue weighted by atomic mass is 10.0. The molecule has 67 heavy (non-hydrogen) atoms. The summed E-state index contributed by atoms with van der Waals surface area (Å²) < 4.78 is 0. The normalized spacial score (nSPS) is 14.5. The smallest absolute Gasteiger partial charge is 0.317 e. The van der Waals surface area contributed by atoms with E-state index >= 15 is 0 Å². The number of nitrogens with zero attached hydrogens (tertiary/aromatic N) is 5. The molecule has 1 amide bonds. The second kappa shape index (κ2) is 51.0. The molecule has 0 unspecified atom stereocenters. The van der Waals surface area contributed by atoms with Gasteiger partial charge in [-0.15, -0.1) is 37.2 Å². The van der Waals surface area contributed by atoms with Gasteiger partial charge in [0.05, 0.1) is 26.2 Å². The molecule has 12 nitrogen and oxygen atoms in total. The van der Waals surface area contributed by atoms with Crippen molar-refractivity contribution in [3.63, 3.8) is 0 Å². The van der Waals surface area contributed by atoms with Crippen LogP contribution in [0.5, 0.6) is 0 Å². The summed E-state index contributed by atoms with van der Waals surface area (Å²) in [6.07, 6.45) is 41.9. The van der Waals surface area contributed by atoms with Gasteiger partial charge < -0.3 is 20.2 Å². The van der Waals surface area contributed by atoms with Gasteiger partial charge in [-0.1, -0.05) is 206 Å². The molecule has 15 heteroatoms. The predicted octanol–water partition coefficient (Wildman–Crippen LogP) is 12.1. The maximum atomic E-state index is 14.1.